The maximum absolute atomic E-state index is 12.5. The van der Waals surface area contributed by atoms with Crippen molar-refractivity contribution in [2.75, 3.05) is 18.4 Å². The van der Waals surface area contributed by atoms with Gasteiger partial charge in [-0.3, -0.25) is 9.89 Å². The van der Waals surface area contributed by atoms with Gasteiger partial charge in [0.15, 0.2) is 5.82 Å². The second-order valence-corrected chi connectivity index (χ2v) is 7.28. The van der Waals surface area contributed by atoms with Crippen LogP contribution >= 0.6 is 23.2 Å². The van der Waals surface area contributed by atoms with E-state index >= 15 is 0 Å². The average molecular weight is 389 g/mol. The molecule has 3 N–H and O–H groups in total. The minimum absolute atomic E-state index is 0.00761. The molecule has 1 saturated heterocycles. The first kappa shape index (κ1) is 17.3. The fourth-order valence-corrected chi connectivity index (χ4v) is 3.95. The zero-order valence-electron chi connectivity index (χ0n) is 14.0. The van der Waals surface area contributed by atoms with Crippen LogP contribution in [0.15, 0.2) is 36.4 Å². The van der Waals surface area contributed by atoms with Crippen molar-refractivity contribution in [1.29, 1.82) is 0 Å². The average Bonchev–Trinajstić information content (AvgIpc) is 3.04. The maximum Gasteiger partial charge on any atom is 0.229 e. The Bertz CT molecular complexity index is 943. The van der Waals surface area contributed by atoms with E-state index < -0.39 is 0 Å². The van der Waals surface area contributed by atoms with Gasteiger partial charge in [-0.15, -0.1) is 0 Å². The molecule has 0 saturated carbocycles. The molecule has 1 fully saturated rings. The van der Waals surface area contributed by atoms with Crippen LogP contribution in [0.1, 0.15) is 12.8 Å². The highest BCUT2D eigenvalue weighted by Crippen LogP contribution is 2.36. The van der Waals surface area contributed by atoms with Crippen molar-refractivity contribution in [3.8, 4) is 11.1 Å². The standard InChI is InChI=1S/C19H18Cl2N4O/c20-14-4-1-5-15(21)17(14)11-6-7-16-13(9-11)18(25-24-16)23-19(26)12-3-2-8-22-10-12/h1,4-7,9,12,22H,2-3,8,10H2,(H2,23,24,25,26)/t12-/m0/s1. The highest BCUT2D eigenvalue weighted by atomic mass is 35.5. The van der Waals surface area contributed by atoms with Crippen LogP contribution in [-0.4, -0.2) is 29.2 Å². The van der Waals surface area contributed by atoms with Crippen molar-refractivity contribution in [3.63, 3.8) is 0 Å². The molecule has 7 heteroatoms. The molecule has 0 spiro atoms. The second-order valence-electron chi connectivity index (χ2n) is 6.46. The number of aromatic amines is 1. The Morgan fingerprint density at radius 3 is 2.73 bits per heavy atom. The summed E-state index contributed by atoms with van der Waals surface area (Å²) in [6, 6.07) is 11.2. The smallest absolute Gasteiger partial charge is 0.229 e. The molecule has 1 amide bonds. The van der Waals surface area contributed by atoms with Gasteiger partial charge in [-0.25, -0.2) is 0 Å². The number of aromatic nitrogens is 2. The summed E-state index contributed by atoms with van der Waals surface area (Å²) in [6.07, 6.45) is 1.90. The lowest BCUT2D eigenvalue weighted by Crippen LogP contribution is -2.37. The summed E-state index contributed by atoms with van der Waals surface area (Å²) in [7, 11) is 0. The van der Waals surface area contributed by atoms with Gasteiger partial charge in [0, 0.05) is 27.5 Å². The number of hydrogen-bond acceptors (Lipinski definition) is 3. The summed E-state index contributed by atoms with van der Waals surface area (Å²) >= 11 is 12.7. The zero-order chi connectivity index (χ0) is 18.1. The van der Waals surface area contributed by atoms with Gasteiger partial charge in [0.25, 0.3) is 0 Å². The van der Waals surface area contributed by atoms with E-state index in [-0.39, 0.29) is 11.8 Å². The molecule has 1 aromatic heterocycles. The number of H-pyrrole nitrogens is 1. The molecule has 26 heavy (non-hydrogen) atoms. The first-order valence-corrected chi connectivity index (χ1v) is 9.33. The summed E-state index contributed by atoms with van der Waals surface area (Å²) in [5.41, 5.74) is 2.49. The SMILES string of the molecule is O=C(Nc1n[nH]c2ccc(-c3c(Cl)cccc3Cl)cc12)[C@H]1CCCNC1. The van der Waals surface area contributed by atoms with E-state index in [1.165, 1.54) is 0 Å². The number of nitrogens with zero attached hydrogens (tertiary/aromatic N) is 1. The Hall–Kier alpha value is -2.08. The molecule has 1 aliphatic rings. The first-order chi connectivity index (χ1) is 12.6. The van der Waals surface area contributed by atoms with Crippen molar-refractivity contribution in [3.05, 3.63) is 46.4 Å². The van der Waals surface area contributed by atoms with Crippen molar-refractivity contribution in [2.45, 2.75) is 12.8 Å². The predicted molar refractivity (Wildman–Crippen MR) is 106 cm³/mol. The molecule has 0 bridgehead atoms. The van der Waals surface area contributed by atoms with Gasteiger partial charge in [-0.1, -0.05) is 35.3 Å². The molecule has 0 radical (unpaired) electrons. The molecular formula is C19H18Cl2N4O. The van der Waals surface area contributed by atoms with Crippen LogP contribution in [0, 0.1) is 5.92 Å². The molecule has 2 heterocycles. The quantitative estimate of drug-likeness (QED) is 0.619. The van der Waals surface area contributed by atoms with Crippen LogP contribution in [0.5, 0.6) is 0 Å². The number of benzene rings is 2. The minimum atomic E-state index is -0.0308. The second kappa shape index (κ2) is 7.27. The molecule has 5 nitrogen and oxygen atoms in total. The number of carbonyl (C=O) groups excluding carboxylic acids is 1. The molecule has 2 aromatic carbocycles. The highest BCUT2D eigenvalue weighted by molar-refractivity contribution is 6.39. The van der Waals surface area contributed by atoms with Gasteiger partial charge >= 0.3 is 0 Å². The van der Waals surface area contributed by atoms with E-state index in [2.05, 4.69) is 20.8 Å². The molecule has 1 atom stereocenters. The largest absolute Gasteiger partial charge is 0.316 e. The van der Waals surface area contributed by atoms with E-state index in [0.29, 0.717) is 22.4 Å². The van der Waals surface area contributed by atoms with Crippen LogP contribution in [0.4, 0.5) is 5.82 Å². The number of nitrogens with one attached hydrogen (secondary N) is 3. The predicted octanol–water partition coefficient (Wildman–Crippen LogP) is 4.47. The third-order valence-electron chi connectivity index (χ3n) is 4.72. The van der Waals surface area contributed by atoms with Gasteiger partial charge in [0.05, 0.1) is 11.4 Å². The van der Waals surface area contributed by atoms with Crippen LogP contribution in [0.2, 0.25) is 10.0 Å². The fourth-order valence-electron chi connectivity index (χ4n) is 3.33. The summed E-state index contributed by atoms with van der Waals surface area (Å²) in [6.45, 7) is 1.67. The topological polar surface area (TPSA) is 69.8 Å². The lowest BCUT2D eigenvalue weighted by molar-refractivity contribution is -0.120. The number of anilines is 1. The fraction of sp³-hybridized carbons (Fsp3) is 0.263. The number of carbonyl (C=O) groups is 1. The number of rotatable bonds is 3. The first-order valence-electron chi connectivity index (χ1n) is 8.57. The summed E-state index contributed by atoms with van der Waals surface area (Å²) in [5, 5.41) is 15.4. The molecule has 0 aliphatic carbocycles. The van der Waals surface area contributed by atoms with Gasteiger partial charge in [-0.2, -0.15) is 5.10 Å². The summed E-state index contributed by atoms with van der Waals surface area (Å²) < 4.78 is 0. The molecule has 134 valence electrons. The van der Waals surface area contributed by atoms with Gasteiger partial charge in [0.2, 0.25) is 5.91 Å². The van der Waals surface area contributed by atoms with Gasteiger partial charge in [-0.05, 0) is 49.2 Å². The van der Waals surface area contributed by atoms with E-state index in [1.54, 1.807) is 12.1 Å². The molecule has 1 aliphatic heterocycles. The normalized spacial score (nSPS) is 17.4. The van der Waals surface area contributed by atoms with E-state index in [4.69, 9.17) is 23.2 Å². The Labute approximate surface area is 161 Å². The third-order valence-corrected chi connectivity index (χ3v) is 5.35. The van der Waals surface area contributed by atoms with E-state index in [9.17, 15) is 4.79 Å². The van der Waals surface area contributed by atoms with Crippen LogP contribution in [-0.2, 0) is 4.79 Å². The minimum Gasteiger partial charge on any atom is -0.316 e. The van der Waals surface area contributed by atoms with Crippen molar-refractivity contribution >= 4 is 45.8 Å². The number of hydrogen-bond donors (Lipinski definition) is 3. The molecular weight excluding hydrogens is 371 g/mol. The Morgan fingerprint density at radius 1 is 1.19 bits per heavy atom. The number of piperidine rings is 1. The van der Waals surface area contributed by atoms with Crippen molar-refractivity contribution in [1.82, 2.24) is 15.5 Å². The maximum atomic E-state index is 12.5. The van der Waals surface area contributed by atoms with Gasteiger partial charge < -0.3 is 10.6 Å². The van der Waals surface area contributed by atoms with Gasteiger partial charge in [0.1, 0.15) is 0 Å². The van der Waals surface area contributed by atoms with Crippen molar-refractivity contribution < 1.29 is 4.79 Å². The van der Waals surface area contributed by atoms with Crippen LogP contribution < -0.4 is 10.6 Å². The van der Waals surface area contributed by atoms with Crippen LogP contribution in [0.3, 0.4) is 0 Å². The monoisotopic (exact) mass is 388 g/mol. The Kier molecular flexibility index (Phi) is 4.85. The molecule has 4 rings (SSSR count). The third kappa shape index (κ3) is 3.30. The molecule has 0 unspecified atom stereocenters. The zero-order valence-corrected chi connectivity index (χ0v) is 15.5. The molecule has 3 aromatic rings. The number of fused-ring (bicyclic) bond motifs is 1. The Balaban J connectivity index is 1.68. The highest BCUT2D eigenvalue weighted by Gasteiger charge is 2.22. The number of amides is 1. The number of halogens is 2. The van der Waals surface area contributed by atoms with E-state index in [0.717, 1.165) is 41.4 Å². The van der Waals surface area contributed by atoms with Crippen LogP contribution in [0.25, 0.3) is 22.0 Å². The summed E-state index contributed by atoms with van der Waals surface area (Å²) in [5.74, 6) is 0.490. The van der Waals surface area contributed by atoms with E-state index in [1.807, 2.05) is 24.3 Å². The van der Waals surface area contributed by atoms with Crippen molar-refractivity contribution in [2.24, 2.45) is 5.92 Å². The summed E-state index contributed by atoms with van der Waals surface area (Å²) in [4.78, 5) is 12.5. The Morgan fingerprint density at radius 2 is 2.00 bits per heavy atom. The lowest BCUT2D eigenvalue weighted by atomic mass is 9.99. The lowest BCUT2D eigenvalue weighted by Gasteiger charge is -2.21.